The highest BCUT2D eigenvalue weighted by atomic mass is 16.1. The van der Waals surface area contributed by atoms with E-state index < -0.39 is 0 Å². The molecule has 116 valence electrons. The van der Waals surface area contributed by atoms with Crippen LogP contribution < -0.4 is 0 Å². The number of unbranched alkanes of at least 4 members (excludes halogenated alkanes) is 1. The summed E-state index contributed by atoms with van der Waals surface area (Å²) in [6.45, 7) is 6.51. The molecule has 1 saturated heterocycles. The van der Waals surface area contributed by atoms with Crippen molar-refractivity contribution in [1.29, 1.82) is 0 Å². The monoisotopic (exact) mass is 279 g/mol. The van der Waals surface area contributed by atoms with Gasteiger partial charge in [-0.15, -0.1) is 0 Å². The molecule has 0 amide bonds. The summed E-state index contributed by atoms with van der Waals surface area (Å²) in [6.07, 6.45) is 14.5. The van der Waals surface area contributed by atoms with Gasteiger partial charge in [-0.05, 0) is 51.0 Å². The lowest BCUT2D eigenvalue weighted by Crippen LogP contribution is -2.43. The van der Waals surface area contributed by atoms with Crippen LogP contribution in [0.25, 0.3) is 0 Å². The summed E-state index contributed by atoms with van der Waals surface area (Å²) >= 11 is 0. The second-order valence-electron chi connectivity index (χ2n) is 7.34. The lowest BCUT2D eigenvalue weighted by molar-refractivity contribution is -0.118. The Labute approximate surface area is 125 Å². The van der Waals surface area contributed by atoms with E-state index in [4.69, 9.17) is 0 Å². The van der Waals surface area contributed by atoms with E-state index in [1.165, 1.54) is 77.3 Å². The van der Waals surface area contributed by atoms with Crippen LogP contribution in [0.1, 0.15) is 84.5 Å². The van der Waals surface area contributed by atoms with Gasteiger partial charge < -0.3 is 0 Å². The summed E-state index contributed by atoms with van der Waals surface area (Å²) in [7, 11) is 0. The molecule has 0 aromatic heterocycles. The molecule has 20 heavy (non-hydrogen) atoms. The summed E-state index contributed by atoms with van der Waals surface area (Å²) in [5, 5.41) is 0. The molecule has 0 bridgehead atoms. The summed E-state index contributed by atoms with van der Waals surface area (Å²) in [4.78, 5) is 14.3. The minimum absolute atomic E-state index is 0.371. The van der Waals surface area contributed by atoms with Gasteiger partial charge in [0.05, 0.1) is 0 Å². The molecule has 2 aliphatic rings. The molecule has 0 N–H and O–H groups in total. The Kier molecular flexibility index (Phi) is 6.07. The molecule has 1 aliphatic carbocycles. The lowest BCUT2D eigenvalue weighted by atomic mass is 9.71. The highest BCUT2D eigenvalue weighted by Gasteiger charge is 2.37. The van der Waals surface area contributed by atoms with Gasteiger partial charge in [0.15, 0.2) is 0 Å². The van der Waals surface area contributed by atoms with Crippen LogP contribution >= 0.6 is 0 Å². The largest absolute Gasteiger partial charge is 0.300 e. The molecule has 2 rings (SSSR count). The van der Waals surface area contributed by atoms with Gasteiger partial charge in [0.2, 0.25) is 0 Å². The smallest absolute Gasteiger partial charge is 0.131 e. The molecule has 1 spiro atoms. The fourth-order valence-corrected chi connectivity index (χ4v) is 4.43. The molecule has 1 aliphatic heterocycles. The number of Topliss-reactive ketones (excluding diaryl/α,β-unsaturated/α-hetero) is 1. The third-order valence-corrected chi connectivity index (χ3v) is 5.54. The number of nitrogens with zero attached hydrogens (tertiary/aromatic N) is 1. The molecule has 2 fully saturated rings. The summed E-state index contributed by atoms with van der Waals surface area (Å²) in [5.41, 5.74) is 0.595. The van der Waals surface area contributed by atoms with Gasteiger partial charge in [-0.1, -0.05) is 39.0 Å². The van der Waals surface area contributed by atoms with Gasteiger partial charge in [-0.2, -0.15) is 0 Å². The highest BCUT2D eigenvalue weighted by molar-refractivity contribution is 5.76. The fraction of sp³-hybridized carbons (Fsp3) is 0.944. The van der Waals surface area contributed by atoms with Gasteiger partial charge in [0.25, 0.3) is 0 Å². The van der Waals surface area contributed by atoms with E-state index in [0.29, 0.717) is 17.2 Å². The van der Waals surface area contributed by atoms with Crippen molar-refractivity contribution in [3.8, 4) is 0 Å². The Balaban J connectivity index is 2.05. The maximum absolute atomic E-state index is 11.6. The van der Waals surface area contributed by atoms with Crippen LogP contribution in [0.3, 0.4) is 0 Å². The van der Waals surface area contributed by atoms with E-state index in [9.17, 15) is 4.79 Å². The summed E-state index contributed by atoms with van der Waals surface area (Å²) in [5.74, 6) is 0.371. The number of hydrogen-bond acceptors (Lipinski definition) is 2. The van der Waals surface area contributed by atoms with E-state index in [1.54, 1.807) is 6.92 Å². The Hall–Kier alpha value is -0.370. The minimum atomic E-state index is 0.371. The van der Waals surface area contributed by atoms with Crippen molar-refractivity contribution >= 4 is 5.78 Å². The summed E-state index contributed by atoms with van der Waals surface area (Å²) in [6, 6.07) is 0.528. The standard InChI is InChI=1S/C18H33NO/c1-3-4-13-19-15-18(10-6-5-7-11-18)12-8-9-17(19)14-16(2)20/h17H,3-15H2,1-2H3. The van der Waals surface area contributed by atoms with Crippen LogP contribution in [-0.2, 0) is 4.79 Å². The number of likely N-dealkylation sites (tertiary alicyclic amines) is 1. The Morgan fingerprint density at radius 3 is 2.50 bits per heavy atom. The first-order valence-corrected chi connectivity index (χ1v) is 8.89. The van der Waals surface area contributed by atoms with Crippen molar-refractivity contribution in [3.63, 3.8) is 0 Å². The Morgan fingerprint density at radius 1 is 1.15 bits per heavy atom. The van der Waals surface area contributed by atoms with Gasteiger partial charge in [0, 0.05) is 19.0 Å². The second kappa shape index (κ2) is 7.59. The predicted octanol–water partition coefficient (Wildman–Crippen LogP) is 4.57. The van der Waals surface area contributed by atoms with E-state index in [1.807, 2.05) is 0 Å². The van der Waals surface area contributed by atoms with Crippen molar-refractivity contribution in [1.82, 2.24) is 4.90 Å². The molecule has 1 unspecified atom stereocenters. The van der Waals surface area contributed by atoms with Crippen LogP contribution in [0.4, 0.5) is 0 Å². The molecule has 1 atom stereocenters. The molecule has 1 heterocycles. The van der Waals surface area contributed by atoms with Crippen LogP contribution in [0.2, 0.25) is 0 Å². The van der Waals surface area contributed by atoms with Gasteiger partial charge in [0.1, 0.15) is 5.78 Å². The van der Waals surface area contributed by atoms with E-state index in [0.717, 1.165) is 6.42 Å². The van der Waals surface area contributed by atoms with Gasteiger partial charge in [-0.3, -0.25) is 9.69 Å². The zero-order valence-corrected chi connectivity index (χ0v) is 13.6. The van der Waals surface area contributed by atoms with E-state index >= 15 is 0 Å². The van der Waals surface area contributed by atoms with Crippen molar-refractivity contribution in [2.45, 2.75) is 90.5 Å². The van der Waals surface area contributed by atoms with Crippen LogP contribution in [0.15, 0.2) is 0 Å². The molecule has 2 heteroatoms. The van der Waals surface area contributed by atoms with E-state index in [2.05, 4.69) is 11.8 Å². The molecule has 0 aromatic carbocycles. The first-order valence-electron chi connectivity index (χ1n) is 8.89. The quantitative estimate of drug-likeness (QED) is 0.734. The zero-order chi connectivity index (χ0) is 14.4. The first-order chi connectivity index (χ1) is 9.65. The molecule has 0 aromatic rings. The average molecular weight is 279 g/mol. The third-order valence-electron chi connectivity index (χ3n) is 5.54. The number of rotatable bonds is 5. The average Bonchev–Trinajstić information content (AvgIpc) is 2.57. The second-order valence-corrected chi connectivity index (χ2v) is 7.34. The number of ketones is 1. The molecular formula is C18H33NO. The molecule has 0 radical (unpaired) electrons. The molecule has 1 saturated carbocycles. The highest BCUT2D eigenvalue weighted by Crippen LogP contribution is 2.44. The topological polar surface area (TPSA) is 20.3 Å². The van der Waals surface area contributed by atoms with Gasteiger partial charge in [-0.25, -0.2) is 0 Å². The SMILES string of the molecule is CCCCN1CC2(CCCCC2)CCCC1CC(C)=O. The van der Waals surface area contributed by atoms with Crippen LogP contribution in [-0.4, -0.2) is 29.8 Å². The van der Waals surface area contributed by atoms with Crippen molar-refractivity contribution in [3.05, 3.63) is 0 Å². The maximum atomic E-state index is 11.6. The minimum Gasteiger partial charge on any atom is -0.300 e. The van der Waals surface area contributed by atoms with Crippen LogP contribution in [0.5, 0.6) is 0 Å². The van der Waals surface area contributed by atoms with Crippen LogP contribution in [0, 0.1) is 5.41 Å². The first kappa shape index (κ1) is 16.0. The van der Waals surface area contributed by atoms with Crippen molar-refractivity contribution in [2.24, 2.45) is 5.41 Å². The molecule has 2 nitrogen and oxygen atoms in total. The van der Waals surface area contributed by atoms with Gasteiger partial charge >= 0.3 is 0 Å². The normalized spacial score (nSPS) is 27.4. The number of carbonyl (C=O) groups is 1. The lowest BCUT2D eigenvalue weighted by Gasteiger charge is -2.41. The predicted molar refractivity (Wildman–Crippen MR) is 84.9 cm³/mol. The zero-order valence-electron chi connectivity index (χ0n) is 13.6. The number of carbonyl (C=O) groups excluding carboxylic acids is 1. The van der Waals surface area contributed by atoms with Crippen molar-refractivity contribution < 1.29 is 4.79 Å². The molecular weight excluding hydrogens is 246 g/mol. The number of hydrogen-bond donors (Lipinski definition) is 0. The van der Waals surface area contributed by atoms with Crippen molar-refractivity contribution in [2.75, 3.05) is 13.1 Å². The third kappa shape index (κ3) is 4.31. The summed E-state index contributed by atoms with van der Waals surface area (Å²) < 4.78 is 0. The Morgan fingerprint density at radius 2 is 1.85 bits per heavy atom. The maximum Gasteiger partial charge on any atom is 0.131 e. The Bertz CT molecular complexity index is 307. The van der Waals surface area contributed by atoms with E-state index in [-0.39, 0.29) is 0 Å². The fourth-order valence-electron chi connectivity index (χ4n) is 4.43.